The largest absolute Gasteiger partial charge is 0.399 e. The molecule has 3 heteroatoms. The Balaban J connectivity index is 3.18. The van der Waals surface area contributed by atoms with Gasteiger partial charge in [0.2, 0.25) is 0 Å². The van der Waals surface area contributed by atoms with E-state index in [0.29, 0.717) is 18.2 Å². The first kappa shape index (κ1) is 10.8. The van der Waals surface area contributed by atoms with Gasteiger partial charge >= 0.3 is 0 Å². The molecule has 0 fully saturated rings. The second-order valence-corrected chi connectivity index (χ2v) is 3.96. The minimum atomic E-state index is 0.00292. The van der Waals surface area contributed by atoms with Crippen LogP contribution in [0.25, 0.3) is 0 Å². The molecule has 0 aliphatic rings. The first-order valence-corrected chi connectivity index (χ1v) is 5.03. The van der Waals surface area contributed by atoms with Crippen LogP contribution in [0.1, 0.15) is 26.5 Å². The van der Waals surface area contributed by atoms with Crippen molar-refractivity contribution in [3.63, 3.8) is 0 Å². The smallest absolute Gasteiger partial charge is 0.252 e. The number of hydrogen-bond acceptors (Lipinski definition) is 2. The minimum Gasteiger partial charge on any atom is -0.399 e. The van der Waals surface area contributed by atoms with Crippen molar-refractivity contribution in [2.75, 3.05) is 5.73 Å². The summed E-state index contributed by atoms with van der Waals surface area (Å²) in [4.78, 5) is 11.6. The number of rotatable bonds is 3. The van der Waals surface area contributed by atoms with E-state index in [4.69, 9.17) is 5.73 Å². The molecule has 0 unspecified atom stereocenters. The summed E-state index contributed by atoms with van der Waals surface area (Å²) < 4.78 is 1.77. The molecule has 0 aliphatic carbocycles. The van der Waals surface area contributed by atoms with Crippen LogP contribution in [0.4, 0.5) is 5.69 Å². The molecule has 0 bridgehead atoms. The van der Waals surface area contributed by atoms with Gasteiger partial charge < -0.3 is 10.3 Å². The molecule has 0 saturated carbocycles. The standard InChI is InChI=1S/C11H18N2O/c1-4-13-10(5-8(2)3)6-9(12)7-11(13)14/h6-8H,4-5,12H2,1-3H3. The summed E-state index contributed by atoms with van der Waals surface area (Å²) in [5.41, 5.74) is 7.25. The summed E-state index contributed by atoms with van der Waals surface area (Å²) in [5.74, 6) is 0.536. The van der Waals surface area contributed by atoms with Gasteiger partial charge in [-0.05, 0) is 25.3 Å². The van der Waals surface area contributed by atoms with E-state index in [1.165, 1.54) is 6.07 Å². The third-order valence-electron chi connectivity index (χ3n) is 2.17. The lowest BCUT2D eigenvalue weighted by Gasteiger charge is -2.13. The molecule has 78 valence electrons. The molecule has 1 aromatic heterocycles. The van der Waals surface area contributed by atoms with E-state index in [2.05, 4.69) is 13.8 Å². The highest BCUT2D eigenvalue weighted by molar-refractivity contribution is 5.38. The van der Waals surface area contributed by atoms with Crippen molar-refractivity contribution in [1.29, 1.82) is 0 Å². The molecule has 0 atom stereocenters. The Kier molecular flexibility index (Phi) is 3.33. The number of nitrogen functional groups attached to an aromatic ring is 1. The summed E-state index contributed by atoms with van der Waals surface area (Å²) in [6.45, 7) is 6.95. The van der Waals surface area contributed by atoms with E-state index in [1.54, 1.807) is 4.57 Å². The van der Waals surface area contributed by atoms with Gasteiger partial charge in [-0.15, -0.1) is 0 Å². The molecule has 3 nitrogen and oxygen atoms in total. The van der Waals surface area contributed by atoms with Gasteiger partial charge in [0.15, 0.2) is 0 Å². The number of pyridine rings is 1. The maximum Gasteiger partial charge on any atom is 0.252 e. The van der Waals surface area contributed by atoms with E-state index in [9.17, 15) is 4.79 Å². The average molecular weight is 194 g/mol. The SMILES string of the molecule is CCn1c(CC(C)C)cc(N)cc1=O. The van der Waals surface area contributed by atoms with Gasteiger partial charge in [0.05, 0.1) is 0 Å². The quantitative estimate of drug-likeness (QED) is 0.795. The van der Waals surface area contributed by atoms with Crippen LogP contribution in [0.15, 0.2) is 16.9 Å². The van der Waals surface area contributed by atoms with Gasteiger partial charge in [-0.1, -0.05) is 13.8 Å². The fraction of sp³-hybridized carbons (Fsp3) is 0.545. The highest BCUT2D eigenvalue weighted by Crippen LogP contribution is 2.09. The molecule has 0 radical (unpaired) electrons. The third kappa shape index (κ3) is 2.37. The molecule has 2 N–H and O–H groups in total. The average Bonchev–Trinajstić information content (AvgIpc) is 2.01. The maximum atomic E-state index is 11.6. The molecule has 14 heavy (non-hydrogen) atoms. The van der Waals surface area contributed by atoms with E-state index >= 15 is 0 Å². The van der Waals surface area contributed by atoms with Crippen LogP contribution in [0.3, 0.4) is 0 Å². The summed E-state index contributed by atoms with van der Waals surface area (Å²) in [7, 11) is 0. The van der Waals surface area contributed by atoms with Crippen LogP contribution >= 0.6 is 0 Å². The van der Waals surface area contributed by atoms with Crippen molar-refractivity contribution in [2.24, 2.45) is 5.92 Å². The summed E-state index contributed by atoms with van der Waals surface area (Å²) in [6.07, 6.45) is 0.897. The van der Waals surface area contributed by atoms with E-state index in [-0.39, 0.29) is 5.56 Å². The Morgan fingerprint density at radius 2 is 2.07 bits per heavy atom. The predicted octanol–water partition coefficient (Wildman–Crippen LogP) is 1.65. The highest BCUT2D eigenvalue weighted by atomic mass is 16.1. The molecular formula is C11H18N2O. The van der Waals surface area contributed by atoms with Gasteiger partial charge in [-0.25, -0.2) is 0 Å². The zero-order valence-electron chi connectivity index (χ0n) is 9.08. The fourth-order valence-electron chi connectivity index (χ4n) is 1.62. The van der Waals surface area contributed by atoms with Gasteiger partial charge in [-0.3, -0.25) is 4.79 Å². The van der Waals surface area contributed by atoms with Gasteiger partial charge in [0.25, 0.3) is 5.56 Å². The van der Waals surface area contributed by atoms with Crippen molar-refractivity contribution in [2.45, 2.75) is 33.7 Å². The predicted molar refractivity (Wildman–Crippen MR) is 59.3 cm³/mol. The second kappa shape index (κ2) is 4.31. The molecule has 0 amide bonds. The normalized spacial score (nSPS) is 10.9. The highest BCUT2D eigenvalue weighted by Gasteiger charge is 2.05. The van der Waals surface area contributed by atoms with Gasteiger partial charge in [-0.2, -0.15) is 0 Å². The first-order chi connectivity index (χ1) is 6.54. The third-order valence-corrected chi connectivity index (χ3v) is 2.17. The van der Waals surface area contributed by atoms with Crippen LogP contribution in [0.5, 0.6) is 0 Å². The summed E-state index contributed by atoms with van der Waals surface area (Å²) in [6, 6.07) is 3.37. The Morgan fingerprint density at radius 3 is 2.57 bits per heavy atom. The monoisotopic (exact) mass is 194 g/mol. The van der Waals surface area contributed by atoms with Gasteiger partial charge in [0.1, 0.15) is 0 Å². The lowest BCUT2D eigenvalue weighted by atomic mass is 10.1. The molecule has 1 heterocycles. The lowest BCUT2D eigenvalue weighted by molar-refractivity contribution is 0.583. The molecular weight excluding hydrogens is 176 g/mol. The molecule has 0 saturated heterocycles. The lowest BCUT2D eigenvalue weighted by Crippen LogP contribution is -2.23. The topological polar surface area (TPSA) is 48.0 Å². The van der Waals surface area contributed by atoms with Crippen molar-refractivity contribution >= 4 is 5.69 Å². The van der Waals surface area contributed by atoms with Crippen LogP contribution in [-0.4, -0.2) is 4.57 Å². The van der Waals surface area contributed by atoms with E-state index in [1.807, 2.05) is 13.0 Å². The first-order valence-electron chi connectivity index (χ1n) is 5.03. The number of nitrogens with zero attached hydrogens (tertiary/aromatic N) is 1. The molecule has 1 aromatic rings. The molecule has 0 aromatic carbocycles. The van der Waals surface area contributed by atoms with Crippen molar-refractivity contribution in [3.8, 4) is 0 Å². The molecule has 0 aliphatic heterocycles. The fourth-order valence-corrected chi connectivity index (χ4v) is 1.62. The number of nitrogens with two attached hydrogens (primary N) is 1. The number of hydrogen-bond donors (Lipinski definition) is 1. The van der Waals surface area contributed by atoms with E-state index in [0.717, 1.165) is 12.1 Å². The Labute approximate surface area is 84.6 Å². The molecule has 0 spiro atoms. The zero-order valence-corrected chi connectivity index (χ0v) is 9.08. The minimum absolute atomic E-state index is 0.00292. The Hall–Kier alpha value is -1.25. The van der Waals surface area contributed by atoms with Crippen molar-refractivity contribution in [1.82, 2.24) is 4.57 Å². The zero-order chi connectivity index (χ0) is 10.7. The van der Waals surface area contributed by atoms with Crippen LogP contribution in [0.2, 0.25) is 0 Å². The van der Waals surface area contributed by atoms with Crippen molar-refractivity contribution < 1.29 is 0 Å². The van der Waals surface area contributed by atoms with Crippen LogP contribution in [-0.2, 0) is 13.0 Å². The van der Waals surface area contributed by atoms with Crippen LogP contribution in [0, 0.1) is 5.92 Å². The Morgan fingerprint density at radius 1 is 1.43 bits per heavy atom. The van der Waals surface area contributed by atoms with Crippen LogP contribution < -0.4 is 11.3 Å². The molecule has 1 rings (SSSR count). The summed E-state index contributed by atoms with van der Waals surface area (Å²) in [5, 5.41) is 0. The Bertz CT molecular complexity index is 366. The van der Waals surface area contributed by atoms with E-state index < -0.39 is 0 Å². The van der Waals surface area contributed by atoms with Crippen molar-refractivity contribution in [3.05, 3.63) is 28.2 Å². The second-order valence-electron chi connectivity index (χ2n) is 3.96. The number of anilines is 1. The summed E-state index contributed by atoms with van der Waals surface area (Å²) >= 11 is 0. The van der Waals surface area contributed by atoms with Gasteiger partial charge in [0, 0.05) is 24.0 Å². The number of aromatic nitrogens is 1. The maximum absolute atomic E-state index is 11.6.